The van der Waals surface area contributed by atoms with E-state index in [1.54, 1.807) is 0 Å². The number of hydrogen-bond donors (Lipinski definition) is 0. The molecule has 0 unspecified atom stereocenters. The second-order valence-corrected chi connectivity index (χ2v) is 8.35. The van der Waals surface area contributed by atoms with E-state index in [0.29, 0.717) is 6.42 Å². The molecule has 0 saturated heterocycles. The zero-order valence-corrected chi connectivity index (χ0v) is 7.72. The maximum Gasteiger partial charge on any atom is 0.222 e. The summed E-state index contributed by atoms with van der Waals surface area (Å²) < 4.78 is 1.91. The van der Waals surface area contributed by atoms with Gasteiger partial charge in [0.15, 0.2) is 8.24 Å². The molecule has 1 rings (SSSR count). The Morgan fingerprint density at radius 3 is 2.30 bits per heavy atom. The molecule has 0 saturated carbocycles. The lowest BCUT2D eigenvalue weighted by Gasteiger charge is -2.27. The summed E-state index contributed by atoms with van der Waals surface area (Å²) in [7, 11) is -1.39. The van der Waals surface area contributed by atoms with E-state index in [2.05, 4.69) is 19.6 Å². The van der Waals surface area contributed by atoms with E-state index >= 15 is 0 Å². The van der Waals surface area contributed by atoms with Crippen LogP contribution in [0.3, 0.4) is 0 Å². The summed E-state index contributed by atoms with van der Waals surface area (Å²) in [4.78, 5) is 11.1. The van der Waals surface area contributed by atoms with Gasteiger partial charge in [-0.1, -0.05) is 25.7 Å². The molecule has 0 fully saturated rings. The van der Waals surface area contributed by atoms with Gasteiger partial charge in [0.1, 0.15) is 0 Å². The number of carbonyl (C=O) groups excluding carboxylic acids is 1. The van der Waals surface area contributed by atoms with Gasteiger partial charge >= 0.3 is 0 Å². The standard InChI is InChI=1S/C7H13NOSi/c1-10(2,3)8-6-4-5-7(8)9/h4,6H,5H2,1-3H3. The molecule has 1 amide bonds. The van der Waals surface area contributed by atoms with Crippen LogP contribution in [0.4, 0.5) is 0 Å². The zero-order valence-electron chi connectivity index (χ0n) is 6.72. The van der Waals surface area contributed by atoms with Crippen LogP contribution in [0.25, 0.3) is 0 Å². The number of hydrogen-bond acceptors (Lipinski definition) is 1. The van der Waals surface area contributed by atoms with Crippen molar-refractivity contribution in [1.29, 1.82) is 0 Å². The highest BCUT2D eigenvalue weighted by Crippen LogP contribution is 2.16. The molecule has 0 aromatic carbocycles. The first-order chi connectivity index (χ1) is 4.52. The highest BCUT2D eigenvalue weighted by atomic mass is 28.3. The van der Waals surface area contributed by atoms with Crippen LogP contribution < -0.4 is 0 Å². The summed E-state index contributed by atoms with van der Waals surface area (Å²) in [5.41, 5.74) is 0. The first-order valence-corrected chi connectivity index (χ1v) is 6.95. The molecule has 10 heavy (non-hydrogen) atoms. The Morgan fingerprint density at radius 1 is 1.50 bits per heavy atom. The summed E-state index contributed by atoms with van der Waals surface area (Å²) in [6, 6.07) is 0. The SMILES string of the molecule is C[Si](C)(C)N1C=CCC1=O. The van der Waals surface area contributed by atoms with E-state index in [1.165, 1.54) is 0 Å². The fourth-order valence-electron chi connectivity index (χ4n) is 1.04. The van der Waals surface area contributed by atoms with Gasteiger partial charge in [-0.3, -0.25) is 4.79 Å². The smallest absolute Gasteiger partial charge is 0.222 e. The van der Waals surface area contributed by atoms with Crippen molar-refractivity contribution in [3.05, 3.63) is 12.3 Å². The largest absolute Gasteiger partial charge is 0.347 e. The van der Waals surface area contributed by atoms with Crippen molar-refractivity contribution in [2.45, 2.75) is 26.1 Å². The monoisotopic (exact) mass is 155 g/mol. The third-order valence-electron chi connectivity index (χ3n) is 1.54. The first-order valence-electron chi connectivity index (χ1n) is 3.50. The Morgan fingerprint density at radius 2 is 2.10 bits per heavy atom. The predicted octanol–water partition coefficient (Wildman–Crippen LogP) is 1.57. The van der Waals surface area contributed by atoms with E-state index in [0.717, 1.165) is 0 Å². The van der Waals surface area contributed by atoms with Crippen molar-refractivity contribution in [1.82, 2.24) is 4.57 Å². The lowest BCUT2D eigenvalue weighted by Crippen LogP contribution is -2.43. The van der Waals surface area contributed by atoms with Crippen LogP contribution >= 0.6 is 0 Å². The maximum absolute atomic E-state index is 11.1. The van der Waals surface area contributed by atoms with Crippen molar-refractivity contribution in [2.75, 3.05) is 0 Å². The van der Waals surface area contributed by atoms with Crippen LogP contribution in [0.5, 0.6) is 0 Å². The second kappa shape index (κ2) is 2.23. The molecule has 1 heterocycles. The third kappa shape index (κ3) is 1.29. The van der Waals surface area contributed by atoms with Gasteiger partial charge in [-0.25, -0.2) is 0 Å². The Bertz CT molecular complexity index is 181. The first kappa shape index (κ1) is 7.53. The van der Waals surface area contributed by atoms with E-state index < -0.39 is 8.24 Å². The van der Waals surface area contributed by atoms with Crippen molar-refractivity contribution in [2.24, 2.45) is 0 Å². The van der Waals surface area contributed by atoms with Gasteiger partial charge in [0.25, 0.3) is 0 Å². The number of rotatable bonds is 1. The number of nitrogens with zero attached hydrogens (tertiary/aromatic N) is 1. The van der Waals surface area contributed by atoms with E-state index in [1.807, 2.05) is 16.8 Å². The number of amides is 1. The highest BCUT2D eigenvalue weighted by Gasteiger charge is 2.28. The molecule has 0 bridgehead atoms. The number of carbonyl (C=O) groups is 1. The second-order valence-electron chi connectivity index (χ2n) is 3.52. The van der Waals surface area contributed by atoms with Crippen LogP contribution in [-0.4, -0.2) is 18.7 Å². The molecule has 1 aliphatic heterocycles. The van der Waals surface area contributed by atoms with Crippen molar-refractivity contribution in [3.63, 3.8) is 0 Å². The molecule has 2 nitrogen and oxygen atoms in total. The van der Waals surface area contributed by atoms with Crippen molar-refractivity contribution >= 4 is 14.1 Å². The van der Waals surface area contributed by atoms with Gasteiger partial charge < -0.3 is 4.57 Å². The molecule has 0 spiro atoms. The lowest BCUT2D eigenvalue weighted by molar-refractivity contribution is -0.123. The lowest BCUT2D eigenvalue weighted by atomic mass is 10.5. The molecule has 0 aromatic rings. The van der Waals surface area contributed by atoms with Crippen LogP contribution in [0.1, 0.15) is 6.42 Å². The molecule has 0 atom stereocenters. The van der Waals surface area contributed by atoms with Gasteiger partial charge in [0.2, 0.25) is 5.91 Å². The van der Waals surface area contributed by atoms with Gasteiger partial charge in [-0.15, -0.1) is 0 Å². The molecule has 0 radical (unpaired) electrons. The Kier molecular flexibility index (Phi) is 1.68. The molecule has 0 aromatic heterocycles. The maximum atomic E-state index is 11.1. The van der Waals surface area contributed by atoms with Crippen LogP contribution in [-0.2, 0) is 4.79 Å². The van der Waals surface area contributed by atoms with Crippen LogP contribution in [0.15, 0.2) is 12.3 Å². The predicted molar refractivity (Wildman–Crippen MR) is 43.9 cm³/mol. The third-order valence-corrected chi connectivity index (χ3v) is 3.38. The molecular formula is C7H13NOSi. The Hall–Kier alpha value is -0.573. The quantitative estimate of drug-likeness (QED) is 0.526. The average molecular weight is 155 g/mol. The van der Waals surface area contributed by atoms with Crippen LogP contribution in [0.2, 0.25) is 19.6 Å². The summed E-state index contributed by atoms with van der Waals surface area (Å²) in [6.07, 6.45) is 4.46. The molecule has 3 heteroatoms. The molecule has 0 aliphatic carbocycles. The summed E-state index contributed by atoms with van der Waals surface area (Å²) >= 11 is 0. The van der Waals surface area contributed by atoms with Crippen molar-refractivity contribution < 1.29 is 4.79 Å². The molecule has 56 valence electrons. The summed E-state index contributed by atoms with van der Waals surface area (Å²) in [5.74, 6) is 0.263. The average Bonchev–Trinajstić information content (AvgIpc) is 2.11. The van der Waals surface area contributed by atoms with Gasteiger partial charge in [-0.2, -0.15) is 0 Å². The van der Waals surface area contributed by atoms with E-state index in [-0.39, 0.29) is 5.91 Å². The van der Waals surface area contributed by atoms with E-state index in [4.69, 9.17) is 0 Å². The van der Waals surface area contributed by atoms with Gasteiger partial charge in [-0.05, 0) is 6.20 Å². The Labute approximate surface area is 62.6 Å². The molecular weight excluding hydrogens is 142 g/mol. The normalized spacial score (nSPS) is 18.7. The minimum absolute atomic E-state index is 0.263. The molecule has 0 N–H and O–H groups in total. The highest BCUT2D eigenvalue weighted by molar-refractivity contribution is 6.75. The zero-order chi connectivity index (χ0) is 7.78. The van der Waals surface area contributed by atoms with Gasteiger partial charge in [0, 0.05) is 6.42 Å². The molecule has 1 aliphatic rings. The minimum Gasteiger partial charge on any atom is -0.347 e. The Balaban J connectivity index is 2.73. The summed E-state index contributed by atoms with van der Waals surface area (Å²) in [5, 5.41) is 0. The van der Waals surface area contributed by atoms with Gasteiger partial charge in [0.05, 0.1) is 0 Å². The van der Waals surface area contributed by atoms with Crippen LogP contribution in [0, 0.1) is 0 Å². The summed E-state index contributed by atoms with van der Waals surface area (Å²) in [6.45, 7) is 6.50. The fraction of sp³-hybridized carbons (Fsp3) is 0.571. The topological polar surface area (TPSA) is 20.3 Å². The fourth-order valence-corrected chi connectivity index (χ4v) is 2.43. The van der Waals surface area contributed by atoms with E-state index in [9.17, 15) is 4.79 Å². The van der Waals surface area contributed by atoms with Crippen molar-refractivity contribution in [3.8, 4) is 0 Å². The minimum atomic E-state index is -1.39.